The zero-order valence-corrected chi connectivity index (χ0v) is 12.6. The van der Waals surface area contributed by atoms with E-state index in [-0.39, 0.29) is 0 Å². The molecule has 0 spiro atoms. The van der Waals surface area contributed by atoms with E-state index in [2.05, 4.69) is 58.9 Å². The smallest absolute Gasteiger partial charge is 0.118 e. The first-order valence-corrected chi connectivity index (χ1v) is 7.04. The van der Waals surface area contributed by atoms with Crippen molar-refractivity contribution in [1.82, 2.24) is 0 Å². The Labute approximate surface area is 123 Å². The van der Waals surface area contributed by atoms with Crippen LogP contribution in [0.2, 0.25) is 0 Å². The fourth-order valence-corrected chi connectivity index (χ4v) is 2.43. The number of allylic oxidation sites excluding steroid dienone is 1. The van der Waals surface area contributed by atoms with Crippen molar-refractivity contribution >= 4 is 15.9 Å². The third-order valence-electron chi connectivity index (χ3n) is 3.19. The van der Waals surface area contributed by atoms with Crippen LogP contribution in [-0.4, -0.2) is 7.11 Å². The Morgan fingerprint density at radius 2 is 1.58 bits per heavy atom. The van der Waals surface area contributed by atoms with Gasteiger partial charge < -0.3 is 4.74 Å². The van der Waals surface area contributed by atoms with Crippen LogP contribution in [0.25, 0.3) is 0 Å². The van der Waals surface area contributed by atoms with Crippen LogP contribution >= 0.6 is 15.9 Å². The van der Waals surface area contributed by atoms with Gasteiger partial charge in [0.25, 0.3) is 0 Å². The normalized spacial score (nSPS) is 11.9. The van der Waals surface area contributed by atoms with E-state index in [0.29, 0.717) is 5.92 Å². The highest BCUT2D eigenvalue weighted by Crippen LogP contribution is 2.30. The SMILES string of the molecule is C=CCC(c1ccc(Br)cc1)c1ccc(OC)cc1. The molecule has 2 aromatic rings. The van der Waals surface area contributed by atoms with Crippen molar-refractivity contribution in [2.45, 2.75) is 12.3 Å². The van der Waals surface area contributed by atoms with E-state index < -0.39 is 0 Å². The number of rotatable bonds is 5. The van der Waals surface area contributed by atoms with Crippen molar-refractivity contribution in [2.24, 2.45) is 0 Å². The standard InChI is InChI=1S/C17H17BrO/c1-3-4-17(13-5-9-15(18)10-6-13)14-7-11-16(19-2)12-8-14/h3,5-12,17H,1,4H2,2H3. The molecule has 0 bridgehead atoms. The molecule has 2 aromatic carbocycles. The summed E-state index contributed by atoms with van der Waals surface area (Å²) in [6, 6.07) is 16.7. The van der Waals surface area contributed by atoms with Crippen LogP contribution in [0.4, 0.5) is 0 Å². The number of benzene rings is 2. The molecule has 19 heavy (non-hydrogen) atoms. The van der Waals surface area contributed by atoms with Crippen LogP contribution in [0, 0.1) is 0 Å². The lowest BCUT2D eigenvalue weighted by Crippen LogP contribution is -2.00. The minimum atomic E-state index is 0.344. The van der Waals surface area contributed by atoms with Crippen molar-refractivity contribution < 1.29 is 4.74 Å². The van der Waals surface area contributed by atoms with Crippen LogP contribution in [0.15, 0.2) is 65.7 Å². The summed E-state index contributed by atoms with van der Waals surface area (Å²) in [6.45, 7) is 3.87. The first-order chi connectivity index (χ1) is 9.24. The Morgan fingerprint density at radius 1 is 1.05 bits per heavy atom. The predicted molar refractivity (Wildman–Crippen MR) is 83.8 cm³/mol. The van der Waals surface area contributed by atoms with Gasteiger partial charge in [-0.2, -0.15) is 0 Å². The van der Waals surface area contributed by atoms with E-state index in [1.54, 1.807) is 7.11 Å². The summed E-state index contributed by atoms with van der Waals surface area (Å²) < 4.78 is 6.30. The van der Waals surface area contributed by atoms with E-state index in [4.69, 9.17) is 4.74 Å². The fraction of sp³-hybridized carbons (Fsp3) is 0.176. The molecule has 0 aliphatic rings. The summed E-state index contributed by atoms with van der Waals surface area (Å²) in [5.74, 6) is 1.23. The van der Waals surface area contributed by atoms with E-state index in [0.717, 1.165) is 16.6 Å². The molecule has 0 amide bonds. The number of methoxy groups -OCH3 is 1. The lowest BCUT2D eigenvalue weighted by Gasteiger charge is -2.16. The maximum absolute atomic E-state index is 5.20. The molecule has 1 nitrogen and oxygen atoms in total. The van der Waals surface area contributed by atoms with Gasteiger partial charge in [0.05, 0.1) is 7.11 Å². The number of hydrogen-bond donors (Lipinski definition) is 0. The van der Waals surface area contributed by atoms with E-state index in [1.807, 2.05) is 18.2 Å². The summed E-state index contributed by atoms with van der Waals surface area (Å²) in [7, 11) is 1.69. The van der Waals surface area contributed by atoms with Crippen molar-refractivity contribution in [2.75, 3.05) is 7.11 Å². The van der Waals surface area contributed by atoms with Gasteiger partial charge in [0.15, 0.2) is 0 Å². The fourth-order valence-electron chi connectivity index (χ4n) is 2.16. The third kappa shape index (κ3) is 3.48. The average Bonchev–Trinajstić information content (AvgIpc) is 2.46. The number of ether oxygens (including phenoxy) is 1. The molecular weight excluding hydrogens is 300 g/mol. The van der Waals surface area contributed by atoms with E-state index >= 15 is 0 Å². The second-order valence-electron chi connectivity index (χ2n) is 4.40. The molecular formula is C17H17BrO. The largest absolute Gasteiger partial charge is 0.497 e. The van der Waals surface area contributed by atoms with Crippen molar-refractivity contribution in [3.63, 3.8) is 0 Å². The van der Waals surface area contributed by atoms with Gasteiger partial charge in [0, 0.05) is 10.4 Å². The number of hydrogen-bond acceptors (Lipinski definition) is 1. The van der Waals surface area contributed by atoms with Crippen molar-refractivity contribution in [1.29, 1.82) is 0 Å². The zero-order chi connectivity index (χ0) is 13.7. The van der Waals surface area contributed by atoms with Crippen molar-refractivity contribution in [3.05, 3.63) is 76.8 Å². The molecule has 0 N–H and O–H groups in total. The molecule has 98 valence electrons. The van der Waals surface area contributed by atoms with Gasteiger partial charge in [-0.15, -0.1) is 6.58 Å². The van der Waals surface area contributed by atoms with Crippen LogP contribution in [0.1, 0.15) is 23.5 Å². The van der Waals surface area contributed by atoms with Gasteiger partial charge in [0.2, 0.25) is 0 Å². The highest BCUT2D eigenvalue weighted by Gasteiger charge is 2.12. The highest BCUT2D eigenvalue weighted by atomic mass is 79.9. The molecule has 1 unspecified atom stereocenters. The summed E-state index contributed by atoms with van der Waals surface area (Å²) in [4.78, 5) is 0. The minimum absolute atomic E-state index is 0.344. The molecule has 1 atom stereocenters. The molecule has 2 rings (SSSR count). The minimum Gasteiger partial charge on any atom is -0.497 e. The monoisotopic (exact) mass is 316 g/mol. The molecule has 0 saturated carbocycles. The van der Waals surface area contributed by atoms with Gasteiger partial charge in [0.1, 0.15) is 5.75 Å². The Kier molecular flexibility index (Phi) is 4.80. The molecule has 0 fully saturated rings. The van der Waals surface area contributed by atoms with Crippen LogP contribution in [0.3, 0.4) is 0 Å². The lowest BCUT2D eigenvalue weighted by molar-refractivity contribution is 0.414. The zero-order valence-electron chi connectivity index (χ0n) is 11.0. The summed E-state index contributed by atoms with van der Waals surface area (Å²) in [5.41, 5.74) is 2.58. The molecule has 0 radical (unpaired) electrons. The Balaban J connectivity index is 2.32. The van der Waals surface area contributed by atoms with Crippen LogP contribution < -0.4 is 4.74 Å². The third-order valence-corrected chi connectivity index (χ3v) is 3.72. The first-order valence-electron chi connectivity index (χ1n) is 6.25. The molecule has 0 aromatic heterocycles. The van der Waals surface area contributed by atoms with Gasteiger partial charge in [-0.3, -0.25) is 0 Å². The maximum atomic E-state index is 5.20. The first kappa shape index (κ1) is 13.9. The summed E-state index contributed by atoms with van der Waals surface area (Å²) in [5, 5.41) is 0. The lowest BCUT2D eigenvalue weighted by atomic mass is 9.88. The molecule has 0 heterocycles. The quantitative estimate of drug-likeness (QED) is 0.692. The molecule has 0 saturated heterocycles. The Bertz CT molecular complexity index is 528. The van der Waals surface area contributed by atoms with Gasteiger partial charge >= 0.3 is 0 Å². The molecule has 0 aliphatic heterocycles. The van der Waals surface area contributed by atoms with Gasteiger partial charge in [-0.1, -0.05) is 46.3 Å². The molecule has 0 aliphatic carbocycles. The average molecular weight is 317 g/mol. The van der Waals surface area contributed by atoms with Crippen molar-refractivity contribution in [3.8, 4) is 5.75 Å². The summed E-state index contributed by atoms with van der Waals surface area (Å²) in [6.07, 6.45) is 2.89. The second-order valence-corrected chi connectivity index (χ2v) is 5.32. The summed E-state index contributed by atoms with van der Waals surface area (Å²) >= 11 is 3.47. The second kappa shape index (κ2) is 6.58. The van der Waals surface area contributed by atoms with E-state index in [9.17, 15) is 0 Å². The Hall–Kier alpha value is -1.54. The maximum Gasteiger partial charge on any atom is 0.118 e. The van der Waals surface area contributed by atoms with Crippen LogP contribution in [0.5, 0.6) is 5.75 Å². The van der Waals surface area contributed by atoms with E-state index in [1.165, 1.54) is 11.1 Å². The Morgan fingerprint density at radius 3 is 2.05 bits per heavy atom. The van der Waals surface area contributed by atoms with Crippen LogP contribution in [-0.2, 0) is 0 Å². The number of halogens is 1. The predicted octanol–water partition coefficient (Wildman–Crippen LogP) is 5.17. The molecule has 2 heteroatoms. The topological polar surface area (TPSA) is 9.23 Å². The van der Waals surface area contributed by atoms with Gasteiger partial charge in [-0.05, 0) is 41.8 Å². The highest BCUT2D eigenvalue weighted by molar-refractivity contribution is 9.10. The van der Waals surface area contributed by atoms with Gasteiger partial charge in [-0.25, -0.2) is 0 Å².